The smallest absolute Gasteiger partial charge is 0.406 e. The number of hydrogen-bond acceptors (Lipinski definition) is 3. The highest BCUT2D eigenvalue weighted by Crippen LogP contribution is 2.24. The van der Waals surface area contributed by atoms with E-state index in [1.54, 1.807) is 6.08 Å². The molecule has 0 aliphatic heterocycles. The summed E-state index contributed by atoms with van der Waals surface area (Å²) < 4.78 is 39.5. The monoisotopic (exact) mass is 256 g/mol. The van der Waals surface area contributed by atoms with Crippen molar-refractivity contribution in [1.29, 1.82) is 5.26 Å². The molecule has 1 N–H and O–H groups in total. The molecule has 1 rings (SSSR count). The third-order valence-electron chi connectivity index (χ3n) is 2.04. The minimum atomic E-state index is -4.71. The maximum absolute atomic E-state index is 11.9. The highest BCUT2D eigenvalue weighted by molar-refractivity contribution is 5.31. The summed E-state index contributed by atoms with van der Waals surface area (Å²) in [5.41, 5.74) is 0.564. The van der Waals surface area contributed by atoms with Crippen LogP contribution in [0.1, 0.15) is 11.6 Å². The summed E-state index contributed by atoms with van der Waals surface area (Å²) in [6, 6.07) is 6.56. The van der Waals surface area contributed by atoms with Crippen molar-refractivity contribution in [1.82, 2.24) is 5.32 Å². The van der Waals surface area contributed by atoms with Crippen LogP contribution < -0.4 is 10.1 Å². The zero-order valence-electron chi connectivity index (χ0n) is 9.37. The molecule has 0 aliphatic rings. The second-order valence-corrected chi connectivity index (χ2v) is 3.38. The molecule has 6 heteroatoms. The average molecular weight is 256 g/mol. The number of hydrogen-bond donors (Lipinski definition) is 1. The summed E-state index contributed by atoms with van der Waals surface area (Å²) in [5.74, 6) is -0.313. The van der Waals surface area contributed by atoms with Crippen LogP contribution in [0, 0.1) is 11.3 Å². The molecule has 0 spiro atoms. The minimum Gasteiger partial charge on any atom is -0.406 e. The first-order chi connectivity index (χ1) is 8.46. The van der Waals surface area contributed by atoms with E-state index in [1.807, 2.05) is 6.07 Å². The van der Waals surface area contributed by atoms with Crippen LogP contribution in [-0.4, -0.2) is 12.9 Å². The van der Waals surface area contributed by atoms with Crippen molar-refractivity contribution >= 4 is 0 Å². The standard InChI is InChI=1S/C12H11F3N2O/c1-2-7-17-11(8-16)9-3-5-10(6-4-9)18-12(13,14)15/h2-6,11,17H,1,7H2. The number of benzene rings is 1. The Morgan fingerprint density at radius 3 is 2.44 bits per heavy atom. The third-order valence-corrected chi connectivity index (χ3v) is 2.04. The van der Waals surface area contributed by atoms with Gasteiger partial charge in [-0.2, -0.15) is 5.26 Å². The molecule has 0 amide bonds. The first-order valence-corrected chi connectivity index (χ1v) is 5.06. The summed E-state index contributed by atoms with van der Waals surface area (Å²) >= 11 is 0. The number of nitrogens with zero attached hydrogens (tertiary/aromatic N) is 1. The van der Waals surface area contributed by atoms with E-state index in [-0.39, 0.29) is 5.75 Å². The van der Waals surface area contributed by atoms with Crippen molar-refractivity contribution in [2.75, 3.05) is 6.54 Å². The van der Waals surface area contributed by atoms with E-state index >= 15 is 0 Å². The minimum absolute atomic E-state index is 0.313. The zero-order chi connectivity index (χ0) is 13.6. The predicted octanol–water partition coefficient (Wildman–Crippen LogP) is 2.93. The molecule has 0 aromatic heterocycles. The van der Waals surface area contributed by atoms with Gasteiger partial charge in [-0.15, -0.1) is 19.8 Å². The predicted molar refractivity (Wildman–Crippen MR) is 59.7 cm³/mol. The SMILES string of the molecule is C=CCNC(C#N)c1ccc(OC(F)(F)F)cc1. The van der Waals surface area contributed by atoms with Gasteiger partial charge in [-0.1, -0.05) is 18.2 Å². The van der Waals surface area contributed by atoms with Gasteiger partial charge in [0.25, 0.3) is 0 Å². The number of ether oxygens (including phenoxy) is 1. The zero-order valence-corrected chi connectivity index (χ0v) is 9.37. The van der Waals surface area contributed by atoms with Crippen molar-refractivity contribution in [3.8, 4) is 11.8 Å². The number of nitriles is 1. The van der Waals surface area contributed by atoms with Crippen LogP contribution in [0.3, 0.4) is 0 Å². The fourth-order valence-corrected chi connectivity index (χ4v) is 1.30. The highest BCUT2D eigenvalue weighted by atomic mass is 19.4. The lowest BCUT2D eigenvalue weighted by molar-refractivity contribution is -0.274. The molecule has 1 unspecified atom stereocenters. The van der Waals surface area contributed by atoms with Crippen LogP contribution in [-0.2, 0) is 0 Å². The van der Waals surface area contributed by atoms with E-state index < -0.39 is 12.4 Å². The van der Waals surface area contributed by atoms with Gasteiger partial charge in [0.2, 0.25) is 0 Å². The number of nitrogens with one attached hydrogen (secondary N) is 1. The molecule has 1 aromatic carbocycles. The molecule has 1 atom stereocenters. The Morgan fingerprint density at radius 2 is 2.00 bits per heavy atom. The molecule has 0 heterocycles. The van der Waals surface area contributed by atoms with Gasteiger partial charge in [-0.3, -0.25) is 5.32 Å². The van der Waals surface area contributed by atoms with Crippen LogP contribution >= 0.6 is 0 Å². The largest absolute Gasteiger partial charge is 0.573 e. The summed E-state index contributed by atoms with van der Waals surface area (Å²) in [4.78, 5) is 0. The Labute approximate surface area is 102 Å². The molecule has 1 aromatic rings. The van der Waals surface area contributed by atoms with Crippen molar-refractivity contribution in [3.05, 3.63) is 42.5 Å². The quantitative estimate of drug-likeness (QED) is 0.824. The number of alkyl halides is 3. The first-order valence-electron chi connectivity index (χ1n) is 5.06. The summed E-state index contributed by atoms with van der Waals surface area (Å²) in [6.45, 7) is 3.93. The molecule has 0 radical (unpaired) electrons. The normalized spacial score (nSPS) is 12.6. The highest BCUT2D eigenvalue weighted by Gasteiger charge is 2.31. The van der Waals surface area contributed by atoms with Crippen molar-refractivity contribution in [3.63, 3.8) is 0 Å². The van der Waals surface area contributed by atoms with E-state index in [9.17, 15) is 13.2 Å². The van der Waals surface area contributed by atoms with Gasteiger partial charge in [-0.25, -0.2) is 0 Å². The Hall–Kier alpha value is -2.00. The van der Waals surface area contributed by atoms with Gasteiger partial charge >= 0.3 is 6.36 Å². The van der Waals surface area contributed by atoms with Crippen LogP contribution in [0.25, 0.3) is 0 Å². The van der Waals surface area contributed by atoms with Crippen LogP contribution in [0.15, 0.2) is 36.9 Å². The van der Waals surface area contributed by atoms with Gasteiger partial charge in [0.15, 0.2) is 0 Å². The Kier molecular flexibility index (Phi) is 4.75. The molecule has 0 saturated carbocycles. The molecule has 3 nitrogen and oxygen atoms in total. The lowest BCUT2D eigenvalue weighted by Gasteiger charge is -2.12. The first kappa shape index (κ1) is 14.1. The van der Waals surface area contributed by atoms with E-state index in [0.717, 1.165) is 0 Å². The fourth-order valence-electron chi connectivity index (χ4n) is 1.30. The lowest BCUT2D eigenvalue weighted by atomic mass is 10.1. The lowest BCUT2D eigenvalue weighted by Crippen LogP contribution is -2.20. The van der Waals surface area contributed by atoms with Crippen LogP contribution in [0.4, 0.5) is 13.2 Å². The van der Waals surface area contributed by atoms with E-state index in [4.69, 9.17) is 5.26 Å². The molecular weight excluding hydrogens is 245 g/mol. The Balaban J connectivity index is 2.75. The van der Waals surface area contributed by atoms with Crippen molar-refractivity contribution in [2.45, 2.75) is 12.4 Å². The molecule has 0 saturated heterocycles. The maximum atomic E-state index is 11.9. The van der Waals surface area contributed by atoms with Crippen LogP contribution in [0.2, 0.25) is 0 Å². The van der Waals surface area contributed by atoms with E-state index in [2.05, 4.69) is 16.6 Å². The van der Waals surface area contributed by atoms with Gasteiger partial charge in [0.1, 0.15) is 11.8 Å². The van der Waals surface area contributed by atoms with Crippen molar-refractivity contribution < 1.29 is 17.9 Å². The molecular formula is C12H11F3N2O. The van der Waals surface area contributed by atoms with Gasteiger partial charge in [0.05, 0.1) is 6.07 Å². The second-order valence-electron chi connectivity index (χ2n) is 3.38. The molecule has 0 aliphatic carbocycles. The van der Waals surface area contributed by atoms with Gasteiger partial charge in [-0.05, 0) is 17.7 Å². The number of halogens is 3. The Morgan fingerprint density at radius 1 is 1.39 bits per heavy atom. The van der Waals surface area contributed by atoms with Gasteiger partial charge in [0, 0.05) is 6.54 Å². The average Bonchev–Trinajstić information content (AvgIpc) is 2.30. The third kappa shape index (κ3) is 4.47. The van der Waals surface area contributed by atoms with E-state index in [1.165, 1.54) is 24.3 Å². The molecule has 0 fully saturated rings. The molecule has 96 valence electrons. The molecule has 0 bridgehead atoms. The Bertz CT molecular complexity index is 434. The summed E-state index contributed by atoms with van der Waals surface area (Å²) in [6.07, 6.45) is -3.12. The summed E-state index contributed by atoms with van der Waals surface area (Å²) in [5, 5.41) is 11.8. The summed E-state index contributed by atoms with van der Waals surface area (Å²) in [7, 11) is 0. The van der Waals surface area contributed by atoms with Crippen LogP contribution in [0.5, 0.6) is 5.75 Å². The fraction of sp³-hybridized carbons (Fsp3) is 0.250. The number of rotatable bonds is 5. The molecule has 18 heavy (non-hydrogen) atoms. The van der Waals surface area contributed by atoms with Crippen molar-refractivity contribution in [2.24, 2.45) is 0 Å². The van der Waals surface area contributed by atoms with Gasteiger partial charge < -0.3 is 4.74 Å². The maximum Gasteiger partial charge on any atom is 0.573 e. The second kappa shape index (κ2) is 6.07. The van der Waals surface area contributed by atoms with E-state index in [0.29, 0.717) is 12.1 Å². The topological polar surface area (TPSA) is 45.0 Å².